The standard InChI is InChI=1S/C8H16O6/c1-11-4-6-13-8(10)14-7-5-12-3-2-9/h9H,2-7H2,1H3. The minimum absolute atomic E-state index is 0.0434. The highest BCUT2D eigenvalue weighted by Crippen LogP contribution is 1.86. The molecule has 0 rings (SSSR count). The van der Waals surface area contributed by atoms with Gasteiger partial charge >= 0.3 is 6.16 Å². The van der Waals surface area contributed by atoms with Crippen LogP contribution in [0.3, 0.4) is 0 Å². The van der Waals surface area contributed by atoms with Crippen LogP contribution < -0.4 is 0 Å². The molecule has 0 aromatic rings. The first-order valence-electron chi connectivity index (χ1n) is 4.28. The molecule has 0 aromatic heterocycles. The monoisotopic (exact) mass is 208 g/mol. The number of carbonyl (C=O) groups is 1. The van der Waals surface area contributed by atoms with E-state index in [9.17, 15) is 4.79 Å². The molecule has 1 N–H and O–H groups in total. The number of aliphatic hydroxyl groups is 1. The summed E-state index contributed by atoms with van der Waals surface area (Å²) in [5, 5.41) is 8.35. The molecule has 0 aliphatic carbocycles. The molecule has 0 fully saturated rings. The first kappa shape index (κ1) is 13.2. The van der Waals surface area contributed by atoms with Crippen molar-refractivity contribution in [3.63, 3.8) is 0 Å². The third-order valence-electron chi connectivity index (χ3n) is 1.19. The van der Waals surface area contributed by atoms with Crippen LogP contribution in [0.25, 0.3) is 0 Å². The van der Waals surface area contributed by atoms with Crippen molar-refractivity contribution >= 4 is 6.16 Å². The number of ether oxygens (including phenoxy) is 4. The smallest absolute Gasteiger partial charge is 0.432 e. The van der Waals surface area contributed by atoms with Crippen LogP contribution in [0.4, 0.5) is 4.79 Å². The molecule has 0 spiro atoms. The van der Waals surface area contributed by atoms with Gasteiger partial charge in [-0.2, -0.15) is 0 Å². The highest BCUT2D eigenvalue weighted by atomic mass is 16.7. The Bertz CT molecular complexity index is 138. The van der Waals surface area contributed by atoms with Crippen LogP contribution in [-0.4, -0.2) is 58.0 Å². The third-order valence-corrected chi connectivity index (χ3v) is 1.19. The fourth-order valence-electron chi connectivity index (χ4n) is 0.601. The van der Waals surface area contributed by atoms with Gasteiger partial charge in [-0.15, -0.1) is 0 Å². The second-order valence-electron chi connectivity index (χ2n) is 2.28. The van der Waals surface area contributed by atoms with Gasteiger partial charge in [0.15, 0.2) is 0 Å². The zero-order valence-electron chi connectivity index (χ0n) is 8.23. The van der Waals surface area contributed by atoms with E-state index >= 15 is 0 Å². The molecule has 0 unspecified atom stereocenters. The predicted octanol–water partition coefficient (Wildman–Crippen LogP) is -0.205. The lowest BCUT2D eigenvalue weighted by Gasteiger charge is -2.05. The molecule has 84 valence electrons. The second-order valence-corrected chi connectivity index (χ2v) is 2.28. The lowest BCUT2D eigenvalue weighted by Crippen LogP contribution is -2.15. The molecule has 0 heterocycles. The molecular formula is C8H16O6. The fourth-order valence-corrected chi connectivity index (χ4v) is 0.601. The third kappa shape index (κ3) is 9.24. The summed E-state index contributed by atoms with van der Waals surface area (Å²) >= 11 is 0. The van der Waals surface area contributed by atoms with Crippen molar-refractivity contribution in [1.82, 2.24) is 0 Å². The maximum absolute atomic E-state index is 10.7. The lowest BCUT2D eigenvalue weighted by atomic mass is 10.7. The van der Waals surface area contributed by atoms with Crippen molar-refractivity contribution in [2.45, 2.75) is 0 Å². The van der Waals surface area contributed by atoms with Crippen LogP contribution in [0, 0.1) is 0 Å². The largest absolute Gasteiger partial charge is 0.508 e. The van der Waals surface area contributed by atoms with Gasteiger partial charge in [0.2, 0.25) is 0 Å². The zero-order valence-corrected chi connectivity index (χ0v) is 8.23. The van der Waals surface area contributed by atoms with E-state index in [1.165, 1.54) is 7.11 Å². The lowest BCUT2D eigenvalue weighted by molar-refractivity contribution is 0.0115. The molecule has 14 heavy (non-hydrogen) atoms. The van der Waals surface area contributed by atoms with Crippen molar-refractivity contribution in [3.8, 4) is 0 Å². The zero-order chi connectivity index (χ0) is 10.6. The Labute approximate surface area is 82.7 Å². The van der Waals surface area contributed by atoms with Gasteiger partial charge in [0.25, 0.3) is 0 Å². The van der Waals surface area contributed by atoms with E-state index in [0.717, 1.165) is 0 Å². The average Bonchev–Trinajstić information content (AvgIpc) is 2.18. The van der Waals surface area contributed by atoms with Gasteiger partial charge in [-0.1, -0.05) is 0 Å². The minimum atomic E-state index is -0.741. The van der Waals surface area contributed by atoms with E-state index in [1.807, 2.05) is 0 Å². The Morgan fingerprint density at radius 1 is 1.07 bits per heavy atom. The van der Waals surface area contributed by atoms with Crippen molar-refractivity contribution in [1.29, 1.82) is 0 Å². The Morgan fingerprint density at radius 2 is 1.71 bits per heavy atom. The molecule has 0 aromatic carbocycles. The minimum Gasteiger partial charge on any atom is -0.432 e. The number of aliphatic hydroxyl groups excluding tert-OH is 1. The maximum Gasteiger partial charge on any atom is 0.508 e. The van der Waals surface area contributed by atoms with Gasteiger partial charge < -0.3 is 24.1 Å². The van der Waals surface area contributed by atoms with Crippen LogP contribution in [0.15, 0.2) is 0 Å². The molecule has 0 saturated heterocycles. The predicted molar refractivity (Wildman–Crippen MR) is 47.1 cm³/mol. The van der Waals surface area contributed by atoms with E-state index in [0.29, 0.717) is 6.61 Å². The van der Waals surface area contributed by atoms with Crippen LogP contribution >= 0.6 is 0 Å². The summed E-state index contributed by atoms with van der Waals surface area (Å²) in [4.78, 5) is 10.7. The van der Waals surface area contributed by atoms with Crippen molar-refractivity contribution in [2.75, 3.05) is 46.8 Å². The summed E-state index contributed by atoms with van der Waals surface area (Å²) in [6.45, 7) is 1.08. The molecule has 0 aliphatic rings. The van der Waals surface area contributed by atoms with Crippen LogP contribution in [-0.2, 0) is 18.9 Å². The van der Waals surface area contributed by atoms with Crippen molar-refractivity contribution in [2.24, 2.45) is 0 Å². The van der Waals surface area contributed by atoms with E-state index < -0.39 is 6.16 Å². The highest BCUT2D eigenvalue weighted by Gasteiger charge is 2.02. The normalized spacial score (nSPS) is 9.86. The van der Waals surface area contributed by atoms with E-state index in [1.54, 1.807) is 0 Å². The summed E-state index contributed by atoms with van der Waals surface area (Å²) in [7, 11) is 1.51. The Kier molecular flexibility index (Phi) is 9.61. The number of hydrogen-bond donors (Lipinski definition) is 1. The van der Waals surface area contributed by atoms with Gasteiger partial charge in [0.05, 0.1) is 26.4 Å². The molecule has 6 heteroatoms. The summed E-state index contributed by atoms with van der Waals surface area (Å²) in [5.41, 5.74) is 0. The number of carbonyl (C=O) groups excluding carboxylic acids is 1. The average molecular weight is 208 g/mol. The summed E-state index contributed by atoms with van der Waals surface area (Å²) in [6.07, 6.45) is -0.741. The Balaban J connectivity index is 3.10. The number of methoxy groups -OCH3 is 1. The van der Waals surface area contributed by atoms with E-state index in [4.69, 9.17) is 9.84 Å². The van der Waals surface area contributed by atoms with Crippen molar-refractivity contribution < 1.29 is 28.8 Å². The molecule has 0 aliphatic heterocycles. The van der Waals surface area contributed by atoms with Crippen LogP contribution in [0.2, 0.25) is 0 Å². The molecule has 0 radical (unpaired) electrons. The first-order chi connectivity index (χ1) is 6.81. The molecule has 0 bridgehead atoms. The molecule has 0 atom stereocenters. The SMILES string of the molecule is COCCOC(=O)OCCOCCO. The molecular weight excluding hydrogens is 192 g/mol. The Hall–Kier alpha value is -0.850. The van der Waals surface area contributed by atoms with E-state index in [2.05, 4.69) is 14.2 Å². The summed E-state index contributed by atoms with van der Waals surface area (Å²) in [5.74, 6) is 0. The topological polar surface area (TPSA) is 74.2 Å². The van der Waals surface area contributed by atoms with Crippen LogP contribution in [0.1, 0.15) is 0 Å². The molecule has 0 saturated carbocycles. The van der Waals surface area contributed by atoms with Crippen LogP contribution in [0.5, 0.6) is 0 Å². The number of rotatable bonds is 8. The fraction of sp³-hybridized carbons (Fsp3) is 0.875. The number of hydrogen-bond acceptors (Lipinski definition) is 6. The Morgan fingerprint density at radius 3 is 2.29 bits per heavy atom. The first-order valence-corrected chi connectivity index (χ1v) is 4.28. The van der Waals surface area contributed by atoms with Gasteiger partial charge in [-0.3, -0.25) is 0 Å². The van der Waals surface area contributed by atoms with Gasteiger partial charge in [0.1, 0.15) is 13.2 Å². The summed E-state index contributed by atoms with van der Waals surface area (Å²) in [6, 6.07) is 0. The quantitative estimate of drug-likeness (QED) is 0.439. The van der Waals surface area contributed by atoms with Crippen molar-refractivity contribution in [3.05, 3.63) is 0 Å². The highest BCUT2D eigenvalue weighted by molar-refractivity contribution is 5.59. The second kappa shape index (κ2) is 10.2. The summed E-state index contributed by atoms with van der Waals surface area (Å²) < 4.78 is 18.7. The molecule has 0 amide bonds. The maximum atomic E-state index is 10.7. The van der Waals surface area contributed by atoms with Gasteiger partial charge in [-0.25, -0.2) is 4.79 Å². The molecule has 6 nitrogen and oxygen atoms in total. The van der Waals surface area contributed by atoms with E-state index in [-0.39, 0.29) is 33.0 Å². The van der Waals surface area contributed by atoms with Gasteiger partial charge in [0, 0.05) is 7.11 Å². The van der Waals surface area contributed by atoms with Gasteiger partial charge in [-0.05, 0) is 0 Å².